The minimum Gasteiger partial charge on any atom is -0.496 e. The van der Waals surface area contributed by atoms with E-state index in [0.29, 0.717) is 35.0 Å². The maximum Gasteiger partial charge on any atom is 0.255 e. The number of methoxy groups -OCH3 is 1. The number of carbonyl (C=O) groups is 1. The number of anilines is 2. The number of ether oxygens (including phenoxy) is 1. The van der Waals surface area contributed by atoms with Gasteiger partial charge in [0.2, 0.25) is 0 Å². The predicted molar refractivity (Wildman–Crippen MR) is 127 cm³/mol. The summed E-state index contributed by atoms with van der Waals surface area (Å²) in [5, 5.41) is 13.0. The highest BCUT2D eigenvalue weighted by molar-refractivity contribution is 5.97. The number of aromatic nitrogens is 6. The molecule has 0 spiro atoms. The molecule has 0 radical (unpaired) electrons. The number of hydrogen-bond acceptors (Lipinski definition) is 7. The van der Waals surface area contributed by atoms with Gasteiger partial charge in [-0.2, -0.15) is 5.10 Å². The smallest absolute Gasteiger partial charge is 0.255 e. The number of nitrogens with one attached hydrogen (secondary N) is 3. The zero-order valence-electron chi connectivity index (χ0n) is 18.6. The molecular weight excluding hydrogens is 432 g/mol. The Morgan fingerprint density at radius 3 is 2.79 bits per heavy atom. The van der Waals surface area contributed by atoms with Crippen molar-refractivity contribution in [3.63, 3.8) is 0 Å². The van der Waals surface area contributed by atoms with Crippen LogP contribution in [-0.2, 0) is 6.54 Å². The van der Waals surface area contributed by atoms with Crippen LogP contribution in [0.5, 0.6) is 5.75 Å². The van der Waals surface area contributed by atoms with Crippen molar-refractivity contribution in [2.75, 3.05) is 12.4 Å². The number of aryl methyl sites for hydroxylation is 1. The summed E-state index contributed by atoms with van der Waals surface area (Å²) >= 11 is 0. The van der Waals surface area contributed by atoms with Crippen LogP contribution in [0.4, 0.5) is 11.5 Å². The van der Waals surface area contributed by atoms with Gasteiger partial charge in [0.25, 0.3) is 5.91 Å². The first kappa shape index (κ1) is 21.1. The predicted octanol–water partition coefficient (Wildman–Crippen LogP) is 3.51. The lowest BCUT2D eigenvalue weighted by molar-refractivity contribution is 0.0948. The van der Waals surface area contributed by atoms with E-state index in [4.69, 9.17) is 4.74 Å². The van der Waals surface area contributed by atoms with Crippen molar-refractivity contribution in [1.29, 1.82) is 0 Å². The molecule has 0 saturated carbocycles. The van der Waals surface area contributed by atoms with Crippen LogP contribution in [0.1, 0.15) is 21.6 Å². The fourth-order valence-corrected chi connectivity index (χ4v) is 3.59. The molecule has 5 rings (SSSR count). The third kappa shape index (κ3) is 4.16. The number of aromatic amines is 1. The Hall–Kier alpha value is -4.73. The van der Waals surface area contributed by atoms with E-state index in [0.717, 1.165) is 22.5 Å². The molecule has 170 valence electrons. The van der Waals surface area contributed by atoms with Gasteiger partial charge in [-0.25, -0.2) is 9.97 Å². The zero-order chi connectivity index (χ0) is 23.5. The molecular formula is C24H22N8O2. The summed E-state index contributed by atoms with van der Waals surface area (Å²) in [4.78, 5) is 26.0. The van der Waals surface area contributed by atoms with Crippen LogP contribution in [-0.4, -0.2) is 42.6 Å². The second kappa shape index (κ2) is 9.02. The molecule has 4 heterocycles. The van der Waals surface area contributed by atoms with E-state index in [-0.39, 0.29) is 5.91 Å². The van der Waals surface area contributed by atoms with Crippen LogP contribution >= 0.6 is 0 Å². The molecule has 0 unspecified atom stereocenters. The number of hydrogen-bond donors (Lipinski definition) is 3. The van der Waals surface area contributed by atoms with E-state index in [1.54, 1.807) is 49.2 Å². The van der Waals surface area contributed by atoms with Gasteiger partial charge >= 0.3 is 0 Å². The Morgan fingerprint density at radius 1 is 1.12 bits per heavy atom. The second-order valence-corrected chi connectivity index (χ2v) is 7.63. The van der Waals surface area contributed by atoms with Crippen LogP contribution in [0.15, 0.2) is 67.5 Å². The standard InChI is InChI=1S/C24H22N8O2/c1-15-3-4-16(10-26-15)11-28-24(33)19-6-5-18(9-21(19)34-2)31-22-23-25-7-8-32(23)20(14-27-22)17-12-29-30-13-17/h3-10,12-14H,11H2,1-2H3,(H,27,31)(H,28,33)(H,29,30). The highest BCUT2D eigenvalue weighted by Gasteiger charge is 2.15. The zero-order valence-corrected chi connectivity index (χ0v) is 18.6. The number of nitrogens with zero attached hydrogens (tertiary/aromatic N) is 5. The van der Waals surface area contributed by atoms with E-state index in [9.17, 15) is 4.79 Å². The monoisotopic (exact) mass is 454 g/mol. The van der Waals surface area contributed by atoms with Gasteiger partial charge < -0.3 is 15.4 Å². The topological polar surface area (TPSA) is 122 Å². The Morgan fingerprint density at radius 2 is 2.03 bits per heavy atom. The average Bonchev–Trinajstić information content (AvgIpc) is 3.57. The van der Waals surface area contributed by atoms with Gasteiger partial charge in [0.1, 0.15) is 5.75 Å². The molecule has 10 nitrogen and oxygen atoms in total. The molecule has 0 aliphatic heterocycles. The third-order valence-electron chi connectivity index (χ3n) is 5.36. The average molecular weight is 454 g/mol. The van der Waals surface area contributed by atoms with Crippen molar-refractivity contribution >= 4 is 23.1 Å². The quantitative estimate of drug-likeness (QED) is 0.344. The minimum absolute atomic E-state index is 0.234. The van der Waals surface area contributed by atoms with Crippen LogP contribution in [0.25, 0.3) is 16.9 Å². The summed E-state index contributed by atoms with van der Waals surface area (Å²) in [6.07, 6.45) is 10.6. The maximum absolute atomic E-state index is 12.8. The molecule has 0 aliphatic rings. The summed E-state index contributed by atoms with van der Waals surface area (Å²) in [5.74, 6) is 0.782. The van der Waals surface area contributed by atoms with Crippen molar-refractivity contribution in [3.05, 3.63) is 84.3 Å². The van der Waals surface area contributed by atoms with Gasteiger partial charge in [-0.15, -0.1) is 0 Å². The van der Waals surface area contributed by atoms with Crippen molar-refractivity contribution in [2.45, 2.75) is 13.5 Å². The third-order valence-corrected chi connectivity index (χ3v) is 5.36. The van der Waals surface area contributed by atoms with Gasteiger partial charge in [-0.3, -0.25) is 19.3 Å². The first-order chi connectivity index (χ1) is 16.6. The number of benzene rings is 1. The van der Waals surface area contributed by atoms with Crippen LogP contribution < -0.4 is 15.4 Å². The molecule has 4 aromatic heterocycles. The van der Waals surface area contributed by atoms with Gasteiger partial charge in [0.15, 0.2) is 11.5 Å². The lowest BCUT2D eigenvalue weighted by Gasteiger charge is -2.13. The van der Waals surface area contributed by atoms with Crippen LogP contribution in [0.2, 0.25) is 0 Å². The van der Waals surface area contributed by atoms with Crippen molar-refractivity contribution in [1.82, 2.24) is 34.9 Å². The normalized spacial score (nSPS) is 10.9. The van der Waals surface area contributed by atoms with E-state index < -0.39 is 0 Å². The molecule has 0 aliphatic carbocycles. The van der Waals surface area contributed by atoms with Gasteiger partial charge in [-0.1, -0.05) is 6.07 Å². The van der Waals surface area contributed by atoms with Gasteiger partial charge in [0.05, 0.1) is 30.8 Å². The molecule has 10 heteroatoms. The number of imidazole rings is 1. The molecule has 3 N–H and O–H groups in total. The first-order valence-corrected chi connectivity index (χ1v) is 10.6. The highest BCUT2D eigenvalue weighted by Crippen LogP contribution is 2.28. The Balaban J connectivity index is 1.36. The number of H-pyrrole nitrogens is 1. The largest absolute Gasteiger partial charge is 0.496 e. The second-order valence-electron chi connectivity index (χ2n) is 7.63. The summed E-state index contributed by atoms with van der Waals surface area (Å²) < 4.78 is 7.42. The van der Waals surface area contributed by atoms with E-state index in [1.807, 2.05) is 29.7 Å². The number of rotatable bonds is 7. The Labute approximate surface area is 195 Å². The Bertz CT molecular complexity index is 1440. The molecule has 1 amide bonds. The summed E-state index contributed by atoms with van der Waals surface area (Å²) in [6.45, 7) is 2.30. The molecule has 5 aromatic rings. The first-order valence-electron chi connectivity index (χ1n) is 10.6. The summed E-state index contributed by atoms with van der Waals surface area (Å²) in [6, 6.07) is 9.12. The molecule has 1 aromatic carbocycles. The van der Waals surface area contributed by atoms with Crippen molar-refractivity contribution in [3.8, 4) is 17.0 Å². The SMILES string of the molecule is COc1cc(Nc2ncc(-c3cn[nH]c3)n3ccnc23)ccc1C(=O)NCc1ccc(C)nc1. The minimum atomic E-state index is -0.234. The lowest BCUT2D eigenvalue weighted by atomic mass is 10.1. The molecule has 0 bridgehead atoms. The molecule has 34 heavy (non-hydrogen) atoms. The van der Waals surface area contributed by atoms with E-state index in [1.165, 1.54) is 7.11 Å². The summed E-state index contributed by atoms with van der Waals surface area (Å²) in [5.41, 5.74) is 5.42. The fourth-order valence-electron chi connectivity index (χ4n) is 3.59. The fraction of sp³-hybridized carbons (Fsp3) is 0.125. The maximum atomic E-state index is 12.8. The van der Waals surface area contributed by atoms with Gasteiger partial charge in [0, 0.05) is 54.3 Å². The van der Waals surface area contributed by atoms with Crippen LogP contribution in [0.3, 0.4) is 0 Å². The van der Waals surface area contributed by atoms with E-state index >= 15 is 0 Å². The molecule has 0 saturated heterocycles. The van der Waals surface area contributed by atoms with Crippen molar-refractivity contribution in [2.24, 2.45) is 0 Å². The highest BCUT2D eigenvalue weighted by atomic mass is 16.5. The van der Waals surface area contributed by atoms with Crippen molar-refractivity contribution < 1.29 is 9.53 Å². The molecule has 0 atom stereocenters. The van der Waals surface area contributed by atoms with E-state index in [2.05, 4.69) is 35.8 Å². The lowest BCUT2D eigenvalue weighted by Crippen LogP contribution is -2.23. The number of amides is 1. The van der Waals surface area contributed by atoms with Crippen LogP contribution in [0, 0.1) is 6.92 Å². The number of fused-ring (bicyclic) bond motifs is 1. The number of carbonyl (C=O) groups excluding carboxylic acids is 1. The molecule has 0 fully saturated rings. The Kier molecular flexibility index (Phi) is 5.61. The number of pyridine rings is 1. The summed E-state index contributed by atoms with van der Waals surface area (Å²) in [7, 11) is 1.53. The van der Waals surface area contributed by atoms with Gasteiger partial charge in [-0.05, 0) is 30.7 Å².